The van der Waals surface area contributed by atoms with Gasteiger partial charge in [0.1, 0.15) is 5.70 Å². The molecule has 0 saturated heterocycles. The van der Waals surface area contributed by atoms with Crippen molar-refractivity contribution in [2.45, 2.75) is 6.92 Å². The first-order valence-electron chi connectivity index (χ1n) is 3.48. The second-order valence-corrected chi connectivity index (χ2v) is 4.94. The molecule has 0 unspecified atom stereocenters. The number of halogens is 2. The highest BCUT2D eigenvalue weighted by atomic mass is 79.9. The molecule has 1 rings (SSSR count). The number of hydrogen-bond acceptors (Lipinski definition) is 2. The summed E-state index contributed by atoms with van der Waals surface area (Å²) in [6.45, 7) is 1.44. The van der Waals surface area contributed by atoms with E-state index in [1.165, 1.54) is 6.92 Å². The lowest BCUT2D eigenvalue weighted by molar-refractivity contribution is -0.117. The Labute approximate surface area is 92.4 Å². The monoisotopic (exact) mass is 307 g/mol. The third-order valence-corrected chi connectivity index (χ3v) is 2.05. The van der Waals surface area contributed by atoms with Gasteiger partial charge in [0.2, 0.25) is 5.91 Å². The molecule has 1 amide bonds. The van der Waals surface area contributed by atoms with E-state index in [1.807, 2.05) is 0 Å². The van der Waals surface area contributed by atoms with Gasteiger partial charge in [0, 0.05) is 6.92 Å². The maximum Gasteiger partial charge on any atom is 0.221 e. The summed E-state index contributed by atoms with van der Waals surface area (Å²) in [5, 5.41) is 2.63. The largest absolute Gasteiger partial charge is 0.463 e. The summed E-state index contributed by atoms with van der Waals surface area (Å²) in [5.41, 5.74) is 0.581. The summed E-state index contributed by atoms with van der Waals surface area (Å²) in [6.07, 6.45) is 1.54. The molecule has 1 aromatic rings. The molecule has 3 nitrogen and oxygen atoms in total. The lowest BCUT2D eigenvalue weighted by atomic mass is 10.3. The Bertz CT molecular complexity index is 326. The Morgan fingerprint density at radius 3 is 2.62 bits per heavy atom. The first kappa shape index (κ1) is 10.5. The van der Waals surface area contributed by atoms with E-state index in [1.54, 1.807) is 18.4 Å². The molecule has 0 aromatic carbocycles. The van der Waals surface area contributed by atoms with Crippen molar-refractivity contribution < 1.29 is 9.21 Å². The minimum atomic E-state index is -0.150. The number of amides is 1. The number of furan rings is 1. The second kappa shape index (κ2) is 4.62. The fourth-order valence-corrected chi connectivity index (χ4v) is 1.39. The van der Waals surface area contributed by atoms with Gasteiger partial charge in [-0.3, -0.25) is 4.79 Å². The molecule has 0 atom stereocenters. The van der Waals surface area contributed by atoms with Crippen molar-refractivity contribution in [2.24, 2.45) is 0 Å². The van der Waals surface area contributed by atoms with Crippen molar-refractivity contribution in [2.75, 3.05) is 0 Å². The zero-order chi connectivity index (χ0) is 9.84. The van der Waals surface area contributed by atoms with Crippen LogP contribution in [-0.4, -0.2) is 5.91 Å². The van der Waals surface area contributed by atoms with E-state index in [4.69, 9.17) is 4.42 Å². The van der Waals surface area contributed by atoms with Crippen LogP contribution < -0.4 is 5.32 Å². The minimum absolute atomic E-state index is 0.150. The van der Waals surface area contributed by atoms with Crippen LogP contribution in [-0.2, 0) is 4.79 Å². The van der Waals surface area contributed by atoms with Crippen molar-refractivity contribution in [1.29, 1.82) is 0 Å². The first-order chi connectivity index (χ1) is 6.11. The number of rotatable bonds is 2. The van der Waals surface area contributed by atoms with Gasteiger partial charge in [-0.2, -0.15) is 0 Å². The molecule has 0 saturated carbocycles. The summed E-state index contributed by atoms with van der Waals surface area (Å²) >= 11 is 6.42. The van der Waals surface area contributed by atoms with E-state index >= 15 is 0 Å². The Hall–Kier alpha value is -0.550. The normalized spacial score (nSPS) is 9.46. The van der Waals surface area contributed by atoms with Crippen molar-refractivity contribution in [3.8, 4) is 0 Å². The zero-order valence-corrected chi connectivity index (χ0v) is 9.98. The van der Waals surface area contributed by atoms with Gasteiger partial charge in [-0.05, 0) is 44.0 Å². The van der Waals surface area contributed by atoms with Gasteiger partial charge in [-0.15, -0.1) is 0 Å². The molecule has 1 heterocycles. The van der Waals surface area contributed by atoms with Crippen LogP contribution >= 0.6 is 31.9 Å². The van der Waals surface area contributed by atoms with Crippen LogP contribution in [0.15, 0.2) is 26.2 Å². The van der Waals surface area contributed by atoms with Crippen LogP contribution in [0.25, 0.3) is 5.70 Å². The summed E-state index contributed by atoms with van der Waals surface area (Å²) in [5.74, 6) is 0.446. The van der Waals surface area contributed by atoms with E-state index in [-0.39, 0.29) is 5.91 Å². The molecule has 0 aliphatic heterocycles. The molecule has 5 heteroatoms. The maximum atomic E-state index is 10.8. The molecule has 0 bridgehead atoms. The Morgan fingerprint density at radius 1 is 1.54 bits per heavy atom. The average Bonchev–Trinajstić information content (AvgIpc) is 2.50. The molecule has 70 valence electrons. The Kier molecular flexibility index (Phi) is 3.74. The number of nitrogens with one attached hydrogen (secondary N) is 1. The summed E-state index contributed by atoms with van der Waals surface area (Å²) in [6, 6.07) is 3.51. The molecule has 0 spiro atoms. The Balaban J connectivity index is 2.96. The number of carbonyl (C=O) groups is 1. The van der Waals surface area contributed by atoms with E-state index in [0.29, 0.717) is 14.8 Å². The quantitative estimate of drug-likeness (QED) is 0.913. The van der Waals surface area contributed by atoms with Crippen molar-refractivity contribution >= 4 is 43.5 Å². The van der Waals surface area contributed by atoms with Crippen LogP contribution in [0.2, 0.25) is 0 Å². The van der Waals surface area contributed by atoms with Crippen LogP contribution in [0.3, 0.4) is 0 Å². The van der Waals surface area contributed by atoms with E-state index in [2.05, 4.69) is 37.2 Å². The van der Waals surface area contributed by atoms with Crippen molar-refractivity contribution in [3.63, 3.8) is 0 Å². The van der Waals surface area contributed by atoms with Gasteiger partial charge in [0.15, 0.2) is 5.76 Å². The van der Waals surface area contributed by atoms with Crippen molar-refractivity contribution in [1.82, 2.24) is 5.32 Å². The molecule has 13 heavy (non-hydrogen) atoms. The SMILES string of the molecule is CC(=O)NC(=C(Br)Br)c1ccco1. The number of hydrogen-bond donors (Lipinski definition) is 1. The summed E-state index contributed by atoms with van der Waals surface area (Å²) in [7, 11) is 0. The predicted molar refractivity (Wildman–Crippen MR) is 57.3 cm³/mol. The average molecular weight is 309 g/mol. The van der Waals surface area contributed by atoms with Crippen LogP contribution in [0, 0.1) is 0 Å². The van der Waals surface area contributed by atoms with Gasteiger partial charge in [-0.25, -0.2) is 0 Å². The van der Waals surface area contributed by atoms with Gasteiger partial charge in [-0.1, -0.05) is 0 Å². The smallest absolute Gasteiger partial charge is 0.221 e. The standard InChI is InChI=1S/C8H7Br2NO2/c1-5(12)11-7(8(9)10)6-3-2-4-13-6/h2-4H,1H3,(H,11,12). The summed E-state index contributed by atoms with van der Waals surface area (Å²) in [4.78, 5) is 10.8. The van der Waals surface area contributed by atoms with Gasteiger partial charge < -0.3 is 9.73 Å². The van der Waals surface area contributed by atoms with Crippen LogP contribution in [0.1, 0.15) is 12.7 Å². The lowest BCUT2D eigenvalue weighted by Gasteiger charge is -2.04. The third kappa shape index (κ3) is 3.00. The lowest BCUT2D eigenvalue weighted by Crippen LogP contribution is -2.18. The highest BCUT2D eigenvalue weighted by molar-refractivity contribution is 9.28. The van der Waals surface area contributed by atoms with Crippen LogP contribution in [0.4, 0.5) is 0 Å². The molecule has 0 radical (unpaired) electrons. The Morgan fingerprint density at radius 2 is 2.23 bits per heavy atom. The topological polar surface area (TPSA) is 42.2 Å². The third-order valence-electron chi connectivity index (χ3n) is 1.26. The molecule has 1 N–H and O–H groups in total. The van der Waals surface area contributed by atoms with Gasteiger partial charge in [0.05, 0.1) is 9.65 Å². The van der Waals surface area contributed by atoms with Gasteiger partial charge >= 0.3 is 0 Å². The predicted octanol–water partition coefficient (Wildman–Crippen LogP) is 2.83. The fraction of sp³-hybridized carbons (Fsp3) is 0.125. The summed E-state index contributed by atoms with van der Waals surface area (Å²) < 4.78 is 5.77. The first-order valence-corrected chi connectivity index (χ1v) is 5.06. The van der Waals surface area contributed by atoms with Crippen LogP contribution in [0.5, 0.6) is 0 Å². The highest BCUT2D eigenvalue weighted by Gasteiger charge is 2.09. The fourth-order valence-electron chi connectivity index (χ4n) is 0.799. The maximum absolute atomic E-state index is 10.8. The van der Waals surface area contributed by atoms with E-state index < -0.39 is 0 Å². The second-order valence-electron chi connectivity index (χ2n) is 2.29. The van der Waals surface area contributed by atoms with E-state index in [0.717, 1.165) is 0 Å². The molecule has 1 aromatic heterocycles. The molecular weight excluding hydrogens is 302 g/mol. The highest BCUT2D eigenvalue weighted by Crippen LogP contribution is 2.25. The number of carbonyl (C=O) groups excluding carboxylic acids is 1. The molecule has 0 aliphatic carbocycles. The van der Waals surface area contributed by atoms with E-state index in [9.17, 15) is 4.79 Å². The van der Waals surface area contributed by atoms with Gasteiger partial charge in [0.25, 0.3) is 0 Å². The molecule has 0 fully saturated rings. The minimum Gasteiger partial charge on any atom is -0.463 e. The molecular formula is C8H7Br2NO2. The molecule has 0 aliphatic rings. The zero-order valence-electron chi connectivity index (χ0n) is 6.80. The van der Waals surface area contributed by atoms with Crippen molar-refractivity contribution in [3.05, 3.63) is 27.5 Å².